The number of hydrogen-bond acceptors (Lipinski definition) is 4. The molecule has 5 nitrogen and oxygen atoms in total. The summed E-state index contributed by atoms with van der Waals surface area (Å²) in [6, 6.07) is 1.12. The Bertz CT molecular complexity index is 487. The zero-order valence-corrected chi connectivity index (χ0v) is 10.8. The molecule has 1 aliphatic carbocycles. The Kier molecular flexibility index (Phi) is 3.71. The zero-order chi connectivity index (χ0) is 14.0. The molecule has 0 saturated heterocycles. The van der Waals surface area contributed by atoms with Crippen LogP contribution in [-0.4, -0.2) is 40.4 Å². The number of aromatic carboxylic acids is 1. The molecule has 0 unspecified atom stereocenters. The Balaban J connectivity index is 2.21. The van der Waals surface area contributed by atoms with Crippen LogP contribution in [0.1, 0.15) is 36.0 Å². The summed E-state index contributed by atoms with van der Waals surface area (Å²) < 4.78 is 14.0. The standard InChI is InChI=1S/C13H17FN2O3/c1-16(8-13(19)5-2-3-6-13)11-10(14)9(12(17)18)4-7-15-11/h4,7,19H,2-3,5-6,8H2,1H3,(H,17,18). The smallest absolute Gasteiger partial charge is 0.338 e. The molecule has 6 heteroatoms. The molecule has 0 aromatic carbocycles. The van der Waals surface area contributed by atoms with E-state index in [9.17, 15) is 14.3 Å². The van der Waals surface area contributed by atoms with Crippen LogP contribution in [0, 0.1) is 5.82 Å². The lowest BCUT2D eigenvalue weighted by molar-refractivity contribution is 0.0557. The van der Waals surface area contributed by atoms with Crippen LogP contribution in [0.5, 0.6) is 0 Å². The van der Waals surface area contributed by atoms with Crippen molar-refractivity contribution in [2.45, 2.75) is 31.3 Å². The van der Waals surface area contributed by atoms with E-state index in [-0.39, 0.29) is 12.4 Å². The number of aromatic nitrogens is 1. The van der Waals surface area contributed by atoms with Gasteiger partial charge in [0, 0.05) is 19.8 Å². The number of hydrogen-bond donors (Lipinski definition) is 2. The van der Waals surface area contributed by atoms with Gasteiger partial charge in [-0.05, 0) is 18.9 Å². The van der Waals surface area contributed by atoms with E-state index in [0.717, 1.165) is 18.9 Å². The molecule has 0 spiro atoms. The third-order valence-corrected chi connectivity index (χ3v) is 3.53. The monoisotopic (exact) mass is 268 g/mol. The average molecular weight is 268 g/mol. The number of carboxylic acids is 1. The Hall–Kier alpha value is -1.69. The molecule has 1 saturated carbocycles. The van der Waals surface area contributed by atoms with Gasteiger partial charge in [0.15, 0.2) is 11.6 Å². The van der Waals surface area contributed by atoms with E-state index in [0.29, 0.717) is 12.8 Å². The molecule has 1 fully saturated rings. The van der Waals surface area contributed by atoms with Crippen LogP contribution in [0.25, 0.3) is 0 Å². The molecule has 1 heterocycles. The largest absolute Gasteiger partial charge is 0.478 e. The molecule has 0 amide bonds. The summed E-state index contributed by atoms with van der Waals surface area (Å²) in [5.41, 5.74) is -1.24. The normalized spacial score (nSPS) is 17.4. The Morgan fingerprint density at radius 2 is 2.16 bits per heavy atom. The van der Waals surface area contributed by atoms with Gasteiger partial charge >= 0.3 is 5.97 Å². The molecular weight excluding hydrogens is 251 g/mol. The molecule has 19 heavy (non-hydrogen) atoms. The van der Waals surface area contributed by atoms with Gasteiger partial charge in [-0.1, -0.05) is 12.8 Å². The second-order valence-corrected chi connectivity index (χ2v) is 5.09. The fourth-order valence-corrected chi connectivity index (χ4v) is 2.57. The second-order valence-electron chi connectivity index (χ2n) is 5.09. The summed E-state index contributed by atoms with van der Waals surface area (Å²) in [7, 11) is 1.60. The van der Waals surface area contributed by atoms with Crippen LogP contribution in [0.2, 0.25) is 0 Å². The fraction of sp³-hybridized carbons (Fsp3) is 0.538. The Labute approximate surface area is 110 Å². The summed E-state index contributed by atoms with van der Waals surface area (Å²) in [6.45, 7) is 0.250. The first-order valence-electron chi connectivity index (χ1n) is 6.24. The van der Waals surface area contributed by atoms with Crippen LogP contribution in [-0.2, 0) is 0 Å². The first kappa shape index (κ1) is 13.7. The van der Waals surface area contributed by atoms with E-state index in [1.807, 2.05) is 0 Å². The quantitative estimate of drug-likeness (QED) is 0.868. The zero-order valence-electron chi connectivity index (χ0n) is 10.8. The SMILES string of the molecule is CN(CC1(O)CCCC1)c1nccc(C(=O)O)c1F. The van der Waals surface area contributed by atoms with E-state index >= 15 is 0 Å². The number of pyridine rings is 1. The van der Waals surface area contributed by atoms with Crippen molar-refractivity contribution in [2.75, 3.05) is 18.5 Å². The summed E-state index contributed by atoms with van der Waals surface area (Å²) in [4.78, 5) is 16.2. The van der Waals surface area contributed by atoms with Gasteiger partial charge in [-0.3, -0.25) is 0 Å². The van der Waals surface area contributed by atoms with Crippen molar-refractivity contribution in [3.05, 3.63) is 23.6 Å². The highest BCUT2D eigenvalue weighted by molar-refractivity contribution is 5.88. The van der Waals surface area contributed by atoms with Crippen LogP contribution in [0.15, 0.2) is 12.3 Å². The Morgan fingerprint density at radius 1 is 1.53 bits per heavy atom. The van der Waals surface area contributed by atoms with Crippen LogP contribution >= 0.6 is 0 Å². The number of rotatable bonds is 4. The van der Waals surface area contributed by atoms with Gasteiger partial charge in [0.2, 0.25) is 0 Å². The van der Waals surface area contributed by atoms with Gasteiger partial charge in [0.25, 0.3) is 0 Å². The topological polar surface area (TPSA) is 73.7 Å². The van der Waals surface area contributed by atoms with Gasteiger partial charge in [-0.25, -0.2) is 14.2 Å². The summed E-state index contributed by atoms with van der Waals surface area (Å²) in [5.74, 6) is -2.23. The molecule has 2 rings (SSSR count). The third kappa shape index (κ3) is 2.84. The lowest BCUT2D eigenvalue weighted by Crippen LogP contribution is -2.40. The summed E-state index contributed by atoms with van der Waals surface area (Å²) in [5, 5.41) is 19.2. The van der Waals surface area contributed by atoms with Crippen molar-refractivity contribution < 1.29 is 19.4 Å². The van der Waals surface area contributed by atoms with Crippen LogP contribution < -0.4 is 4.90 Å². The van der Waals surface area contributed by atoms with Gasteiger partial charge in [-0.15, -0.1) is 0 Å². The van der Waals surface area contributed by atoms with Crippen LogP contribution in [0.4, 0.5) is 10.2 Å². The highest BCUT2D eigenvalue weighted by Crippen LogP contribution is 2.31. The molecule has 0 radical (unpaired) electrons. The summed E-state index contributed by atoms with van der Waals surface area (Å²) >= 11 is 0. The van der Waals surface area contributed by atoms with Gasteiger partial charge in [0.05, 0.1) is 5.60 Å². The van der Waals surface area contributed by atoms with Crippen LogP contribution in [0.3, 0.4) is 0 Å². The molecule has 2 N–H and O–H groups in total. The molecule has 1 aliphatic rings. The first-order chi connectivity index (χ1) is 8.93. The van der Waals surface area contributed by atoms with Gasteiger partial charge in [0.1, 0.15) is 5.56 Å². The van der Waals surface area contributed by atoms with Crippen molar-refractivity contribution >= 4 is 11.8 Å². The van der Waals surface area contributed by atoms with Crippen molar-refractivity contribution in [1.29, 1.82) is 0 Å². The second kappa shape index (κ2) is 5.13. The molecule has 104 valence electrons. The summed E-state index contributed by atoms with van der Waals surface area (Å²) in [6.07, 6.45) is 4.52. The fourth-order valence-electron chi connectivity index (χ4n) is 2.57. The molecule has 1 aromatic heterocycles. The van der Waals surface area contributed by atoms with Crippen molar-refractivity contribution in [3.8, 4) is 0 Å². The maximum Gasteiger partial charge on any atom is 0.338 e. The number of aliphatic hydroxyl groups is 1. The minimum absolute atomic E-state index is 0.0415. The maximum absolute atomic E-state index is 14.0. The van der Waals surface area contributed by atoms with Crippen molar-refractivity contribution in [2.24, 2.45) is 0 Å². The van der Waals surface area contributed by atoms with Gasteiger partial charge in [-0.2, -0.15) is 0 Å². The molecule has 0 aliphatic heterocycles. The Morgan fingerprint density at radius 3 is 2.74 bits per heavy atom. The lowest BCUT2D eigenvalue weighted by atomic mass is 10.0. The number of halogens is 1. The number of likely N-dealkylation sites (N-methyl/N-ethyl adjacent to an activating group) is 1. The molecule has 0 bridgehead atoms. The molecule has 1 aromatic rings. The van der Waals surface area contributed by atoms with Gasteiger partial charge < -0.3 is 15.1 Å². The number of carbonyl (C=O) groups is 1. The number of nitrogens with zero attached hydrogens (tertiary/aromatic N) is 2. The molecule has 0 atom stereocenters. The number of anilines is 1. The minimum atomic E-state index is -1.32. The maximum atomic E-state index is 14.0. The first-order valence-corrected chi connectivity index (χ1v) is 6.24. The number of carboxylic acid groups (broad SMARTS) is 1. The minimum Gasteiger partial charge on any atom is -0.478 e. The van der Waals surface area contributed by atoms with E-state index in [1.165, 1.54) is 11.1 Å². The van der Waals surface area contributed by atoms with E-state index in [2.05, 4.69) is 4.98 Å². The third-order valence-electron chi connectivity index (χ3n) is 3.53. The van der Waals surface area contributed by atoms with E-state index < -0.39 is 23.0 Å². The highest BCUT2D eigenvalue weighted by Gasteiger charge is 2.33. The lowest BCUT2D eigenvalue weighted by Gasteiger charge is -2.29. The average Bonchev–Trinajstić information content (AvgIpc) is 2.75. The van der Waals surface area contributed by atoms with Crippen molar-refractivity contribution in [1.82, 2.24) is 4.98 Å². The predicted octanol–water partition coefficient (Wildman–Crippen LogP) is 1.66. The van der Waals surface area contributed by atoms with E-state index in [1.54, 1.807) is 7.05 Å². The molecular formula is C13H17FN2O3. The highest BCUT2D eigenvalue weighted by atomic mass is 19.1. The van der Waals surface area contributed by atoms with Crippen molar-refractivity contribution in [3.63, 3.8) is 0 Å². The van der Waals surface area contributed by atoms with E-state index in [4.69, 9.17) is 5.11 Å². The predicted molar refractivity (Wildman–Crippen MR) is 67.8 cm³/mol.